The highest BCUT2D eigenvalue weighted by atomic mass is 35.5. The molecule has 1 N–H and O–H groups in total. The Morgan fingerprint density at radius 1 is 1.16 bits per heavy atom. The molecule has 1 aliphatic heterocycles. The number of piperidine rings is 1. The van der Waals surface area contributed by atoms with Crippen molar-refractivity contribution in [3.05, 3.63) is 35.1 Å². The zero-order valence-electron chi connectivity index (χ0n) is 10.3. The topological polar surface area (TPSA) is 51.0 Å². The number of halogens is 2. The lowest BCUT2D eigenvalue weighted by Gasteiger charge is -2.18. The fourth-order valence-electron chi connectivity index (χ4n) is 2.19. The van der Waals surface area contributed by atoms with Crippen LogP contribution in [0.4, 0.5) is 0 Å². The Morgan fingerprint density at radius 3 is 2.53 bits per heavy atom. The molecule has 0 spiro atoms. The first-order valence-corrected chi connectivity index (χ1v) is 6.51. The van der Waals surface area contributed by atoms with Crippen LogP contribution >= 0.6 is 24.0 Å². The highest BCUT2D eigenvalue weighted by molar-refractivity contribution is 6.30. The highest BCUT2D eigenvalue weighted by Gasteiger charge is 2.21. The second kappa shape index (κ2) is 6.37. The minimum Gasteiger partial charge on any atom is -0.334 e. The molecule has 4 nitrogen and oxygen atoms in total. The van der Waals surface area contributed by atoms with E-state index in [2.05, 4.69) is 15.5 Å². The van der Waals surface area contributed by atoms with Gasteiger partial charge in [-0.2, -0.15) is 4.98 Å². The van der Waals surface area contributed by atoms with Gasteiger partial charge in [0.2, 0.25) is 0 Å². The summed E-state index contributed by atoms with van der Waals surface area (Å²) in [5, 5.41) is 8.13. The smallest absolute Gasteiger partial charge is 0.257 e. The zero-order valence-corrected chi connectivity index (χ0v) is 11.9. The summed E-state index contributed by atoms with van der Waals surface area (Å²) in [6.45, 7) is 2.05. The van der Waals surface area contributed by atoms with Crippen molar-refractivity contribution < 1.29 is 4.52 Å². The van der Waals surface area contributed by atoms with E-state index in [9.17, 15) is 0 Å². The molecule has 19 heavy (non-hydrogen) atoms. The van der Waals surface area contributed by atoms with Crippen molar-refractivity contribution in [3.8, 4) is 11.5 Å². The van der Waals surface area contributed by atoms with Crippen LogP contribution in [0.3, 0.4) is 0 Å². The molecule has 0 unspecified atom stereocenters. The molecule has 0 radical (unpaired) electrons. The summed E-state index contributed by atoms with van der Waals surface area (Å²) in [7, 11) is 0. The number of nitrogens with zero attached hydrogens (tertiary/aromatic N) is 2. The third-order valence-corrected chi connectivity index (χ3v) is 3.49. The van der Waals surface area contributed by atoms with E-state index in [1.807, 2.05) is 24.3 Å². The van der Waals surface area contributed by atoms with Crippen molar-refractivity contribution in [2.24, 2.45) is 0 Å². The van der Waals surface area contributed by atoms with Crippen molar-refractivity contribution in [3.63, 3.8) is 0 Å². The number of hydrogen-bond donors (Lipinski definition) is 1. The SMILES string of the molecule is Cl.Clc1ccc(-c2nc(C3CCNCC3)no2)cc1. The maximum absolute atomic E-state index is 5.85. The minimum atomic E-state index is 0. The molecule has 1 saturated heterocycles. The number of hydrogen-bond acceptors (Lipinski definition) is 4. The van der Waals surface area contributed by atoms with Crippen molar-refractivity contribution in [2.75, 3.05) is 13.1 Å². The van der Waals surface area contributed by atoms with E-state index in [1.54, 1.807) is 0 Å². The zero-order chi connectivity index (χ0) is 12.4. The van der Waals surface area contributed by atoms with Crippen LogP contribution in [0.5, 0.6) is 0 Å². The summed E-state index contributed by atoms with van der Waals surface area (Å²) >= 11 is 5.85. The maximum Gasteiger partial charge on any atom is 0.257 e. The quantitative estimate of drug-likeness (QED) is 0.924. The van der Waals surface area contributed by atoms with Gasteiger partial charge in [-0.1, -0.05) is 16.8 Å². The molecule has 2 heterocycles. The van der Waals surface area contributed by atoms with Gasteiger partial charge >= 0.3 is 0 Å². The molecule has 0 amide bonds. The molecule has 3 rings (SSSR count). The Labute approximate surface area is 122 Å². The standard InChI is InChI=1S/C13H14ClN3O.ClH/c14-11-3-1-10(2-4-11)13-16-12(17-18-13)9-5-7-15-8-6-9;/h1-4,9,15H,5-8H2;1H. The lowest BCUT2D eigenvalue weighted by molar-refractivity contribution is 0.392. The number of rotatable bonds is 2. The van der Waals surface area contributed by atoms with E-state index in [0.29, 0.717) is 16.8 Å². The summed E-state index contributed by atoms with van der Waals surface area (Å²) < 4.78 is 5.32. The first kappa shape index (κ1) is 14.3. The van der Waals surface area contributed by atoms with E-state index in [-0.39, 0.29) is 12.4 Å². The molecular weight excluding hydrogens is 285 g/mol. The van der Waals surface area contributed by atoms with Crippen molar-refractivity contribution in [2.45, 2.75) is 18.8 Å². The van der Waals surface area contributed by atoms with Crippen LogP contribution in [0.1, 0.15) is 24.6 Å². The summed E-state index contributed by atoms with van der Waals surface area (Å²) in [4.78, 5) is 4.49. The Kier molecular flexibility index (Phi) is 4.80. The fraction of sp³-hybridized carbons (Fsp3) is 0.385. The molecule has 0 atom stereocenters. The van der Waals surface area contributed by atoms with Gasteiger partial charge in [0.25, 0.3) is 5.89 Å². The number of benzene rings is 1. The van der Waals surface area contributed by atoms with E-state index in [1.165, 1.54) is 0 Å². The first-order valence-electron chi connectivity index (χ1n) is 6.13. The molecule has 0 aliphatic carbocycles. The van der Waals surface area contributed by atoms with Gasteiger partial charge < -0.3 is 9.84 Å². The Hall–Kier alpha value is -1.10. The van der Waals surface area contributed by atoms with E-state index in [0.717, 1.165) is 37.3 Å². The van der Waals surface area contributed by atoms with Crippen LogP contribution in [0.2, 0.25) is 5.02 Å². The fourth-order valence-corrected chi connectivity index (χ4v) is 2.32. The molecule has 1 aliphatic rings. The van der Waals surface area contributed by atoms with Crippen LogP contribution in [-0.4, -0.2) is 23.2 Å². The Morgan fingerprint density at radius 2 is 1.84 bits per heavy atom. The molecule has 0 saturated carbocycles. The third kappa shape index (κ3) is 3.26. The number of nitrogens with one attached hydrogen (secondary N) is 1. The van der Waals surface area contributed by atoms with E-state index >= 15 is 0 Å². The second-order valence-electron chi connectivity index (χ2n) is 4.49. The number of aromatic nitrogens is 2. The molecule has 1 aromatic heterocycles. The molecule has 2 aromatic rings. The van der Waals surface area contributed by atoms with Crippen molar-refractivity contribution in [1.82, 2.24) is 15.5 Å². The molecule has 1 aromatic carbocycles. The van der Waals surface area contributed by atoms with Gasteiger partial charge in [-0.3, -0.25) is 0 Å². The average molecular weight is 300 g/mol. The normalized spacial score (nSPS) is 16.1. The highest BCUT2D eigenvalue weighted by Crippen LogP contribution is 2.26. The summed E-state index contributed by atoms with van der Waals surface area (Å²) in [6, 6.07) is 7.43. The summed E-state index contributed by atoms with van der Waals surface area (Å²) in [6.07, 6.45) is 2.14. The predicted molar refractivity (Wildman–Crippen MR) is 76.8 cm³/mol. The minimum absolute atomic E-state index is 0. The van der Waals surface area contributed by atoms with Crippen LogP contribution < -0.4 is 5.32 Å². The molecule has 102 valence electrons. The van der Waals surface area contributed by atoms with E-state index < -0.39 is 0 Å². The van der Waals surface area contributed by atoms with Gasteiger partial charge in [0.15, 0.2) is 5.82 Å². The van der Waals surface area contributed by atoms with Gasteiger partial charge in [-0.25, -0.2) is 0 Å². The third-order valence-electron chi connectivity index (χ3n) is 3.24. The van der Waals surface area contributed by atoms with Crippen molar-refractivity contribution >= 4 is 24.0 Å². The largest absolute Gasteiger partial charge is 0.334 e. The monoisotopic (exact) mass is 299 g/mol. The summed E-state index contributed by atoms with van der Waals surface area (Å²) in [5.74, 6) is 1.80. The van der Waals surface area contributed by atoms with Crippen LogP contribution in [0.15, 0.2) is 28.8 Å². The van der Waals surface area contributed by atoms with Gasteiger partial charge in [0, 0.05) is 16.5 Å². The first-order chi connectivity index (χ1) is 8.83. The maximum atomic E-state index is 5.85. The van der Waals surface area contributed by atoms with Crippen LogP contribution in [-0.2, 0) is 0 Å². The Bertz CT molecular complexity index is 521. The Balaban J connectivity index is 0.00000133. The van der Waals surface area contributed by atoms with Gasteiger partial charge in [-0.05, 0) is 50.2 Å². The van der Waals surface area contributed by atoms with Crippen LogP contribution in [0.25, 0.3) is 11.5 Å². The summed E-state index contributed by atoms with van der Waals surface area (Å²) in [5.41, 5.74) is 0.909. The predicted octanol–water partition coefficient (Wildman–Crippen LogP) is 3.28. The molecule has 6 heteroatoms. The van der Waals surface area contributed by atoms with E-state index in [4.69, 9.17) is 16.1 Å². The van der Waals surface area contributed by atoms with Crippen molar-refractivity contribution in [1.29, 1.82) is 0 Å². The lowest BCUT2D eigenvalue weighted by Crippen LogP contribution is -2.27. The average Bonchev–Trinajstić information content (AvgIpc) is 2.90. The van der Waals surface area contributed by atoms with Crippen LogP contribution in [0, 0.1) is 0 Å². The van der Waals surface area contributed by atoms with Gasteiger partial charge in [0.05, 0.1) is 0 Å². The van der Waals surface area contributed by atoms with Gasteiger partial charge in [0.1, 0.15) is 0 Å². The van der Waals surface area contributed by atoms with Gasteiger partial charge in [-0.15, -0.1) is 12.4 Å². The second-order valence-corrected chi connectivity index (χ2v) is 4.93. The molecule has 1 fully saturated rings. The molecular formula is C13H15Cl2N3O. The molecule has 0 bridgehead atoms. The lowest BCUT2D eigenvalue weighted by atomic mass is 9.98.